The maximum atomic E-state index is 14.7. The highest BCUT2D eigenvalue weighted by atomic mass is 31.2. The molecule has 0 radical (unpaired) electrons. The molecule has 0 amide bonds. The van der Waals surface area contributed by atoms with Gasteiger partial charge in [-0.15, -0.1) is 0 Å². The molecule has 0 spiro atoms. The van der Waals surface area contributed by atoms with E-state index in [1.54, 1.807) is 65.0 Å². The van der Waals surface area contributed by atoms with Crippen molar-refractivity contribution in [2.24, 2.45) is 11.8 Å². The Morgan fingerprint density at radius 1 is 1.06 bits per heavy atom. The van der Waals surface area contributed by atoms with E-state index < -0.39 is 78.6 Å². The van der Waals surface area contributed by atoms with Crippen molar-refractivity contribution in [1.29, 1.82) is 0 Å². The number of nitrogens with zero attached hydrogens (tertiary/aromatic N) is 3. The number of nitrogens with one attached hydrogen (secondary N) is 1. The number of ether oxygens (including phenoxy) is 4. The van der Waals surface area contributed by atoms with Gasteiger partial charge in [0.05, 0.1) is 23.1 Å². The standard InChI is InChI=1S/C33H44N5O11P/c1-18(2)27(39)45-25-24(22-14-15-23-26(34)35-17-36-38(22)23)46-32(8)30(33(25,32)47-28(40)19(3)4)49-50(43,48-21-12-10-9-11-13-21)37-20(5)29(41)44-16-31(6,7)42/h9-15,17-20,24-25,30,42H,16H2,1-8H3,(H,37,43)(H2,34,35,36)/t20-,24+,25-,30+,32+,33+,50?/m0/s1. The number of fused-ring (bicyclic) bond motifs is 2. The van der Waals surface area contributed by atoms with Gasteiger partial charge in [-0.1, -0.05) is 45.9 Å². The van der Waals surface area contributed by atoms with Crippen molar-refractivity contribution in [2.75, 3.05) is 12.3 Å². The quantitative estimate of drug-likeness (QED) is 0.124. The van der Waals surface area contributed by atoms with Crippen molar-refractivity contribution in [2.45, 2.75) is 96.5 Å². The lowest BCUT2D eigenvalue weighted by atomic mass is 10.0. The maximum absolute atomic E-state index is 14.7. The van der Waals surface area contributed by atoms with Gasteiger partial charge in [-0.25, -0.2) is 14.1 Å². The molecule has 2 fully saturated rings. The number of hydrogen-bond acceptors (Lipinski definition) is 14. The van der Waals surface area contributed by atoms with E-state index in [4.69, 9.17) is 33.7 Å². The average Bonchev–Trinajstić information content (AvgIpc) is 3.30. The molecule has 16 nitrogen and oxygen atoms in total. The number of nitrogens with two attached hydrogens (primary N) is 1. The zero-order valence-corrected chi connectivity index (χ0v) is 30.1. The zero-order chi connectivity index (χ0) is 36.8. The lowest BCUT2D eigenvalue weighted by Gasteiger charge is -2.31. The van der Waals surface area contributed by atoms with E-state index in [0.29, 0.717) is 11.2 Å². The summed E-state index contributed by atoms with van der Waals surface area (Å²) in [6.45, 7) is 12.1. The number of aliphatic hydroxyl groups is 1. The highest BCUT2D eigenvalue weighted by Crippen LogP contribution is 2.71. The van der Waals surface area contributed by atoms with Crippen LogP contribution < -0.4 is 15.3 Å². The lowest BCUT2D eigenvalue weighted by Crippen LogP contribution is -2.45. The minimum Gasteiger partial charge on any atom is -0.461 e. The van der Waals surface area contributed by atoms with Crippen LogP contribution >= 0.6 is 7.75 Å². The summed E-state index contributed by atoms with van der Waals surface area (Å²) in [6, 6.07) is 10.2. The largest absolute Gasteiger partial charge is 0.461 e. The number of hydrogen-bond donors (Lipinski definition) is 3. The molecule has 272 valence electrons. The Balaban J connectivity index is 1.57. The van der Waals surface area contributed by atoms with Crippen LogP contribution in [0.1, 0.15) is 67.2 Å². The Labute approximate surface area is 289 Å². The fourth-order valence-electron chi connectivity index (χ4n) is 5.67. The summed E-state index contributed by atoms with van der Waals surface area (Å²) in [5.74, 6) is -3.05. The van der Waals surface area contributed by atoms with Gasteiger partial charge in [-0.05, 0) is 52.0 Å². The Morgan fingerprint density at radius 3 is 2.34 bits per heavy atom. The number of carbonyl (C=O) groups is 3. The minimum absolute atomic E-state index is 0.128. The SMILES string of the molecule is CC(C)C(=O)O[C@H]1[C@@H](c2ccc3c(N)ncnn23)O[C@]2(C)[C@@H](OP(=O)(N[C@@H](C)C(=O)OCC(C)(C)O)Oc3ccccc3)[C@]12OC(=O)C(C)C. The summed E-state index contributed by atoms with van der Waals surface area (Å²) in [4.78, 5) is 43.6. The van der Waals surface area contributed by atoms with Crippen molar-refractivity contribution in [3.63, 3.8) is 0 Å². The highest BCUT2D eigenvalue weighted by molar-refractivity contribution is 7.52. The first-order valence-corrected chi connectivity index (χ1v) is 17.8. The van der Waals surface area contributed by atoms with Crippen LogP contribution in [0.25, 0.3) is 5.52 Å². The number of anilines is 1. The van der Waals surface area contributed by atoms with Gasteiger partial charge in [0.1, 0.15) is 48.1 Å². The van der Waals surface area contributed by atoms with Gasteiger partial charge in [0.15, 0.2) is 11.9 Å². The molecule has 1 aliphatic heterocycles. The first-order chi connectivity index (χ1) is 23.3. The molecule has 3 aromatic rings. The molecule has 4 N–H and O–H groups in total. The molecule has 3 heterocycles. The fourth-order valence-corrected chi connectivity index (χ4v) is 7.45. The summed E-state index contributed by atoms with van der Waals surface area (Å²) in [5.41, 5.74) is 2.21. The predicted molar refractivity (Wildman–Crippen MR) is 177 cm³/mol. The number of nitrogen functional groups attached to an aromatic ring is 1. The van der Waals surface area contributed by atoms with Crippen molar-refractivity contribution >= 4 is 37.0 Å². The number of esters is 3. The van der Waals surface area contributed by atoms with Crippen LogP contribution in [0.5, 0.6) is 5.75 Å². The maximum Gasteiger partial charge on any atom is 0.459 e. The molecule has 2 aliphatic rings. The van der Waals surface area contributed by atoms with Crippen LogP contribution in [0, 0.1) is 11.8 Å². The van der Waals surface area contributed by atoms with E-state index >= 15 is 0 Å². The molecule has 1 saturated carbocycles. The van der Waals surface area contributed by atoms with Gasteiger partial charge < -0.3 is 34.3 Å². The Hall–Kier alpha value is -4.08. The van der Waals surface area contributed by atoms with Crippen molar-refractivity contribution in [1.82, 2.24) is 19.7 Å². The van der Waals surface area contributed by atoms with Crippen LogP contribution in [0.4, 0.5) is 5.82 Å². The van der Waals surface area contributed by atoms with Crippen LogP contribution in [0.2, 0.25) is 0 Å². The molecule has 0 bridgehead atoms. The van der Waals surface area contributed by atoms with Crippen LogP contribution in [0.15, 0.2) is 48.8 Å². The molecule has 1 unspecified atom stereocenters. The molecule has 7 atom stereocenters. The van der Waals surface area contributed by atoms with Gasteiger partial charge in [0.25, 0.3) is 0 Å². The first kappa shape index (κ1) is 37.2. The second-order valence-corrected chi connectivity index (χ2v) is 15.5. The molecule has 1 saturated heterocycles. The summed E-state index contributed by atoms with van der Waals surface area (Å²) < 4.78 is 52.4. The Morgan fingerprint density at radius 2 is 1.72 bits per heavy atom. The zero-order valence-electron chi connectivity index (χ0n) is 29.2. The molecule has 5 rings (SSSR count). The Bertz CT molecular complexity index is 1800. The number of aromatic nitrogens is 3. The third-order valence-electron chi connectivity index (χ3n) is 8.40. The molecular formula is C33H44N5O11P. The van der Waals surface area contributed by atoms with E-state index in [-0.39, 0.29) is 18.2 Å². The summed E-state index contributed by atoms with van der Waals surface area (Å²) in [5, 5.41) is 17.0. The molecular weight excluding hydrogens is 673 g/mol. The van der Waals surface area contributed by atoms with E-state index in [9.17, 15) is 24.1 Å². The predicted octanol–water partition coefficient (Wildman–Crippen LogP) is 3.53. The van der Waals surface area contributed by atoms with E-state index in [1.807, 2.05) is 0 Å². The lowest BCUT2D eigenvalue weighted by molar-refractivity contribution is -0.181. The van der Waals surface area contributed by atoms with Gasteiger partial charge in [0, 0.05) is 0 Å². The third-order valence-corrected chi connectivity index (χ3v) is 10.0. The number of carbonyl (C=O) groups excluding carboxylic acids is 3. The van der Waals surface area contributed by atoms with Crippen molar-refractivity contribution < 1.29 is 52.1 Å². The number of para-hydroxylation sites is 1. The van der Waals surface area contributed by atoms with Crippen LogP contribution in [-0.4, -0.2) is 79.3 Å². The molecule has 50 heavy (non-hydrogen) atoms. The normalized spacial score (nSPS) is 26.3. The first-order valence-electron chi connectivity index (χ1n) is 16.2. The van der Waals surface area contributed by atoms with Gasteiger partial charge in [-0.3, -0.25) is 18.9 Å². The molecule has 2 aromatic heterocycles. The second kappa shape index (κ2) is 13.6. The second-order valence-electron chi connectivity index (χ2n) is 13.9. The van der Waals surface area contributed by atoms with E-state index in [1.165, 1.54) is 43.7 Å². The molecule has 1 aliphatic carbocycles. The topological polar surface area (TPSA) is 212 Å². The van der Waals surface area contributed by atoms with Gasteiger partial charge in [0.2, 0.25) is 5.60 Å². The number of benzene rings is 1. The van der Waals surface area contributed by atoms with Crippen LogP contribution in [-0.2, 0) is 42.4 Å². The summed E-state index contributed by atoms with van der Waals surface area (Å²) in [7, 11) is -4.59. The smallest absolute Gasteiger partial charge is 0.459 e. The summed E-state index contributed by atoms with van der Waals surface area (Å²) >= 11 is 0. The third kappa shape index (κ3) is 7.08. The fraction of sp³-hybridized carbons (Fsp3) is 0.545. The van der Waals surface area contributed by atoms with Crippen molar-refractivity contribution in [3.05, 3.63) is 54.5 Å². The van der Waals surface area contributed by atoms with E-state index in [0.717, 1.165) is 0 Å². The molecule has 17 heteroatoms. The average molecular weight is 718 g/mol. The van der Waals surface area contributed by atoms with Crippen LogP contribution in [0.3, 0.4) is 0 Å². The Kier molecular flexibility index (Phi) is 10.1. The van der Waals surface area contributed by atoms with Crippen molar-refractivity contribution in [3.8, 4) is 5.75 Å². The monoisotopic (exact) mass is 717 g/mol. The van der Waals surface area contributed by atoms with Gasteiger partial charge in [-0.2, -0.15) is 10.2 Å². The van der Waals surface area contributed by atoms with E-state index in [2.05, 4.69) is 15.2 Å². The summed E-state index contributed by atoms with van der Waals surface area (Å²) in [6.07, 6.45) is -2.51. The number of rotatable bonds is 14. The minimum atomic E-state index is -4.59. The molecule has 1 aromatic carbocycles. The highest BCUT2D eigenvalue weighted by Gasteiger charge is 2.91. The van der Waals surface area contributed by atoms with Gasteiger partial charge >= 0.3 is 25.7 Å².